The van der Waals surface area contributed by atoms with E-state index in [4.69, 9.17) is 21.1 Å². The Labute approximate surface area is 93.9 Å². The summed E-state index contributed by atoms with van der Waals surface area (Å²) in [5.74, 6) is 0. The van der Waals surface area contributed by atoms with Crippen molar-refractivity contribution >= 4 is 17.8 Å². The van der Waals surface area contributed by atoms with Gasteiger partial charge in [-0.3, -0.25) is 0 Å². The molecule has 0 aliphatic carbocycles. The molecule has 3 nitrogen and oxygen atoms in total. The van der Waals surface area contributed by atoms with E-state index < -0.39 is 6.16 Å². The normalized spacial score (nSPS) is 10.1. The van der Waals surface area contributed by atoms with Crippen LogP contribution in [-0.4, -0.2) is 12.3 Å². The SMILES string of the molecule is CC(C)OC(=O)OCc1ccc(Cl)cc1. The Morgan fingerprint density at radius 1 is 1.33 bits per heavy atom. The molecule has 0 aromatic heterocycles. The molecule has 0 heterocycles. The second-order valence-electron chi connectivity index (χ2n) is 3.33. The molecule has 0 aliphatic heterocycles. The van der Waals surface area contributed by atoms with Gasteiger partial charge in [-0.15, -0.1) is 0 Å². The zero-order valence-corrected chi connectivity index (χ0v) is 9.45. The van der Waals surface area contributed by atoms with Crippen molar-refractivity contribution in [1.82, 2.24) is 0 Å². The third-order valence-corrected chi connectivity index (χ3v) is 1.85. The molecule has 0 saturated carbocycles. The maximum atomic E-state index is 11.0. The van der Waals surface area contributed by atoms with Gasteiger partial charge in [0, 0.05) is 5.02 Å². The molecule has 0 atom stereocenters. The van der Waals surface area contributed by atoms with Crippen LogP contribution in [0, 0.1) is 0 Å². The Morgan fingerprint density at radius 3 is 2.47 bits per heavy atom. The lowest BCUT2D eigenvalue weighted by Gasteiger charge is -2.08. The molecule has 0 radical (unpaired) electrons. The standard InChI is InChI=1S/C11H13ClO3/c1-8(2)15-11(13)14-7-9-3-5-10(12)6-4-9/h3-6,8H,7H2,1-2H3. The summed E-state index contributed by atoms with van der Waals surface area (Å²) >= 11 is 5.71. The molecule has 0 aliphatic rings. The van der Waals surface area contributed by atoms with Gasteiger partial charge < -0.3 is 9.47 Å². The number of hydrogen-bond acceptors (Lipinski definition) is 3. The summed E-state index contributed by atoms with van der Waals surface area (Å²) in [5.41, 5.74) is 0.875. The van der Waals surface area contributed by atoms with Crippen LogP contribution in [0.5, 0.6) is 0 Å². The van der Waals surface area contributed by atoms with Crippen LogP contribution in [0.3, 0.4) is 0 Å². The number of halogens is 1. The van der Waals surface area contributed by atoms with Crippen LogP contribution in [0.4, 0.5) is 4.79 Å². The first-order valence-electron chi connectivity index (χ1n) is 4.66. The van der Waals surface area contributed by atoms with Crippen LogP contribution < -0.4 is 0 Å². The fourth-order valence-corrected chi connectivity index (χ4v) is 1.08. The molecule has 0 unspecified atom stereocenters. The molecular formula is C11H13ClO3. The second kappa shape index (κ2) is 5.61. The van der Waals surface area contributed by atoms with Gasteiger partial charge >= 0.3 is 6.16 Å². The van der Waals surface area contributed by atoms with E-state index in [1.165, 1.54) is 0 Å². The quantitative estimate of drug-likeness (QED) is 0.744. The first kappa shape index (κ1) is 11.9. The molecule has 1 aromatic carbocycles. The van der Waals surface area contributed by atoms with Crippen molar-refractivity contribution < 1.29 is 14.3 Å². The Balaban J connectivity index is 2.37. The average molecular weight is 229 g/mol. The van der Waals surface area contributed by atoms with Crippen LogP contribution in [0.2, 0.25) is 5.02 Å². The molecule has 4 heteroatoms. The minimum atomic E-state index is -0.653. The fraction of sp³-hybridized carbons (Fsp3) is 0.364. The molecular weight excluding hydrogens is 216 g/mol. The molecule has 0 N–H and O–H groups in total. The summed E-state index contributed by atoms with van der Waals surface area (Å²) < 4.78 is 9.68. The molecule has 0 saturated heterocycles. The van der Waals surface area contributed by atoms with Crippen molar-refractivity contribution in [3.05, 3.63) is 34.9 Å². The maximum absolute atomic E-state index is 11.0. The van der Waals surface area contributed by atoms with Gasteiger partial charge in [0.05, 0.1) is 6.10 Å². The van der Waals surface area contributed by atoms with Crippen molar-refractivity contribution in [3.63, 3.8) is 0 Å². The van der Waals surface area contributed by atoms with Gasteiger partial charge in [-0.2, -0.15) is 0 Å². The average Bonchev–Trinajstić information content (AvgIpc) is 2.16. The van der Waals surface area contributed by atoms with Gasteiger partial charge in [-0.25, -0.2) is 4.79 Å². The van der Waals surface area contributed by atoms with Crippen molar-refractivity contribution in [1.29, 1.82) is 0 Å². The van der Waals surface area contributed by atoms with E-state index in [2.05, 4.69) is 0 Å². The number of carbonyl (C=O) groups is 1. The third-order valence-electron chi connectivity index (χ3n) is 1.60. The van der Waals surface area contributed by atoms with E-state index in [-0.39, 0.29) is 12.7 Å². The minimum absolute atomic E-state index is 0.164. The van der Waals surface area contributed by atoms with Crippen molar-refractivity contribution in [2.75, 3.05) is 0 Å². The topological polar surface area (TPSA) is 35.5 Å². The Hall–Kier alpha value is -1.22. The van der Waals surface area contributed by atoms with Gasteiger partial charge in [0.1, 0.15) is 6.61 Å². The van der Waals surface area contributed by atoms with E-state index >= 15 is 0 Å². The van der Waals surface area contributed by atoms with Crippen LogP contribution in [0.25, 0.3) is 0 Å². The highest BCUT2D eigenvalue weighted by Crippen LogP contribution is 2.10. The molecule has 1 aromatic rings. The van der Waals surface area contributed by atoms with E-state index in [1.807, 2.05) is 0 Å². The van der Waals surface area contributed by atoms with Crippen LogP contribution in [0.1, 0.15) is 19.4 Å². The summed E-state index contributed by atoms with van der Waals surface area (Å²) in [6.07, 6.45) is -0.817. The number of rotatable bonds is 3. The predicted molar refractivity (Wildman–Crippen MR) is 57.9 cm³/mol. The zero-order valence-electron chi connectivity index (χ0n) is 8.70. The Bertz CT molecular complexity index is 319. The van der Waals surface area contributed by atoms with Crippen LogP contribution in [-0.2, 0) is 16.1 Å². The first-order chi connectivity index (χ1) is 7.08. The molecule has 0 bridgehead atoms. The van der Waals surface area contributed by atoms with Crippen LogP contribution >= 0.6 is 11.6 Å². The Morgan fingerprint density at radius 2 is 1.93 bits per heavy atom. The van der Waals surface area contributed by atoms with E-state index in [1.54, 1.807) is 38.1 Å². The molecule has 0 spiro atoms. The highest BCUT2D eigenvalue weighted by molar-refractivity contribution is 6.30. The van der Waals surface area contributed by atoms with Gasteiger partial charge in [-0.05, 0) is 31.5 Å². The second-order valence-corrected chi connectivity index (χ2v) is 3.77. The fourth-order valence-electron chi connectivity index (χ4n) is 0.949. The van der Waals surface area contributed by atoms with Crippen molar-refractivity contribution in [3.8, 4) is 0 Å². The minimum Gasteiger partial charge on any atom is -0.432 e. The van der Waals surface area contributed by atoms with E-state index in [0.29, 0.717) is 5.02 Å². The molecule has 15 heavy (non-hydrogen) atoms. The highest BCUT2D eigenvalue weighted by atomic mass is 35.5. The molecule has 0 fully saturated rings. The summed E-state index contributed by atoms with van der Waals surface area (Å²) in [6.45, 7) is 3.73. The van der Waals surface area contributed by atoms with Crippen molar-refractivity contribution in [2.24, 2.45) is 0 Å². The third kappa shape index (κ3) is 4.70. The number of hydrogen-bond donors (Lipinski definition) is 0. The predicted octanol–water partition coefficient (Wildman–Crippen LogP) is 3.40. The first-order valence-corrected chi connectivity index (χ1v) is 5.03. The van der Waals surface area contributed by atoms with Gasteiger partial charge in [-0.1, -0.05) is 23.7 Å². The maximum Gasteiger partial charge on any atom is 0.508 e. The number of benzene rings is 1. The summed E-state index contributed by atoms with van der Waals surface area (Å²) in [5, 5.41) is 0.656. The number of carbonyl (C=O) groups excluding carboxylic acids is 1. The zero-order chi connectivity index (χ0) is 11.3. The largest absolute Gasteiger partial charge is 0.508 e. The lowest BCUT2D eigenvalue weighted by molar-refractivity contribution is 0.0298. The van der Waals surface area contributed by atoms with Gasteiger partial charge in [0.2, 0.25) is 0 Å². The van der Waals surface area contributed by atoms with Crippen LogP contribution in [0.15, 0.2) is 24.3 Å². The highest BCUT2D eigenvalue weighted by Gasteiger charge is 2.06. The molecule has 1 rings (SSSR count). The monoisotopic (exact) mass is 228 g/mol. The summed E-state index contributed by atoms with van der Waals surface area (Å²) in [7, 11) is 0. The lowest BCUT2D eigenvalue weighted by atomic mass is 10.2. The summed E-state index contributed by atoms with van der Waals surface area (Å²) in [6, 6.07) is 7.08. The molecule has 82 valence electrons. The van der Waals surface area contributed by atoms with E-state index in [9.17, 15) is 4.79 Å². The van der Waals surface area contributed by atoms with Gasteiger partial charge in [0.25, 0.3) is 0 Å². The lowest BCUT2D eigenvalue weighted by Crippen LogP contribution is -2.12. The van der Waals surface area contributed by atoms with Gasteiger partial charge in [0.15, 0.2) is 0 Å². The van der Waals surface area contributed by atoms with Crippen molar-refractivity contribution in [2.45, 2.75) is 26.6 Å². The van der Waals surface area contributed by atoms with E-state index in [0.717, 1.165) is 5.56 Å². The summed E-state index contributed by atoms with van der Waals surface area (Å²) in [4.78, 5) is 11.0. The smallest absolute Gasteiger partial charge is 0.432 e. The number of ether oxygens (including phenoxy) is 2. The molecule has 0 amide bonds. The Kier molecular flexibility index (Phi) is 4.43.